The summed E-state index contributed by atoms with van der Waals surface area (Å²) in [5.41, 5.74) is 1.07. The summed E-state index contributed by atoms with van der Waals surface area (Å²) in [6, 6.07) is 4.10. The van der Waals surface area contributed by atoms with Crippen LogP contribution in [0, 0.1) is 5.92 Å². The third-order valence-electron chi connectivity index (χ3n) is 5.17. The monoisotopic (exact) mass is 379 g/mol. The summed E-state index contributed by atoms with van der Waals surface area (Å²) in [6.07, 6.45) is 4.98. The van der Waals surface area contributed by atoms with Gasteiger partial charge in [0, 0.05) is 38.9 Å². The van der Waals surface area contributed by atoms with Crippen molar-refractivity contribution >= 4 is 21.6 Å². The Morgan fingerprint density at radius 2 is 2.08 bits per heavy atom. The Bertz CT molecular complexity index is 724. The molecule has 144 valence electrons. The summed E-state index contributed by atoms with van der Waals surface area (Å²) < 4.78 is 23.1. The van der Waals surface area contributed by atoms with Gasteiger partial charge in [0.25, 0.3) is 0 Å². The quantitative estimate of drug-likeness (QED) is 0.603. The zero-order chi connectivity index (χ0) is 18.6. The molecule has 0 aliphatic carbocycles. The summed E-state index contributed by atoms with van der Waals surface area (Å²) in [5, 5.41) is 6.42. The highest BCUT2D eigenvalue weighted by molar-refractivity contribution is 7.91. The maximum Gasteiger partial charge on any atom is 0.191 e. The fraction of sp³-hybridized carbons (Fsp3) is 0.667. The van der Waals surface area contributed by atoms with Crippen molar-refractivity contribution in [3.05, 3.63) is 23.9 Å². The number of anilines is 1. The second kappa shape index (κ2) is 8.24. The van der Waals surface area contributed by atoms with Gasteiger partial charge in [0.05, 0.1) is 11.5 Å². The van der Waals surface area contributed by atoms with Crippen LogP contribution in [0.4, 0.5) is 5.82 Å². The largest absolute Gasteiger partial charge is 0.357 e. The number of hydrogen-bond acceptors (Lipinski definition) is 5. The number of sulfone groups is 1. The molecule has 8 heteroatoms. The molecule has 0 aromatic carbocycles. The summed E-state index contributed by atoms with van der Waals surface area (Å²) in [5.74, 6) is 2.91. The molecule has 0 bridgehead atoms. The number of aromatic nitrogens is 1. The number of pyridine rings is 1. The van der Waals surface area contributed by atoms with E-state index in [2.05, 4.69) is 44.6 Å². The minimum Gasteiger partial charge on any atom is -0.357 e. The van der Waals surface area contributed by atoms with E-state index < -0.39 is 9.84 Å². The van der Waals surface area contributed by atoms with Crippen LogP contribution in [0.15, 0.2) is 23.3 Å². The van der Waals surface area contributed by atoms with Crippen LogP contribution in [0.5, 0.6) is 0 Å². The average Bonchev–Trinajstić information content (AvgIpc) is 2.98. The first kappa shape index (κ1) is 18.9. The van der Waals surface area contributed by atoms with Crippen molar-refractivity contribution in [3.63, 3.8) is 0 Å². The van der Waals surface area contributed by atoms with Gasteiger partial charge >= 0.3 is 0 Å². The molecule has 2 aliphatic heterocycles. The van der Waals surface area contributed by atoms with E-state index in [1.165, 1.54) is 12.8 Å². The molecular formula is C18H29N5O2S. The molecule has 0 saturated carbocycles. The lowest BCUT2D eigenvalue weighted by Gasteiger charge is -2.31. The second-order valence-corrected chi connectivity index (χ2v) is 9.59. The van der Waals surface area contributed by atoms with E-state index in [9.17, 15) is 8.42 Å². The van der Waals surface area contributed by atoms with Crippen LogP contribution < -0.4 is 15.5 Å². The van der Waals surface area contributed by atoms with Crippen molar-refractivity contribution in [3.8, 4) is 0 Å². The lowest BCUT2D eigenvalue weighted by Crippen LogP contribution is -2.43. The van der Waals surface area contributed by atoms with E-state index in [4.69, 9.17) is 0 Å². The van der Waals surface area contributed by atoms with Crippen LogP contribution in [0.3, 0.4) is 0 Å². The molecule has 26 heavy (non-hydrogen) atoms. The number of nitrogens with zero attached hydrogens (tertiary/aromatic N) is 3. The summed E-state index contributed by atoms with van der Waals surface area (Å²) in [7, 11) is -1.20. The molecule has 1 atom stereocenters. The SMILES string of the molecule is CN=C(NCc1ccc(N2CCC(C)CC2)nc1)NC1CCS(=O)(=O)C1. The normalized spacial score (nSPS) is 23.8. The number of hydrogen-bond donors (Lipinski definition) is 2. The molecule has 1 unspecified atom stereocenters. The van der Waals surface area contributed by atoms with E-state index in [0.717, 1.165) is 30.4 Å². The van der Waals surface area contributed by atoms with Crippen molar-refractivity contribution in [1.29, 1.82) is 0 Å². The Morgan fingerprint density at radius 3 is 2.65 bits per heavy atom. The maximum absolute atomic E-state index is 11.6. The molecule has 2 aliphatic rings. The lowest BCUT2D eigenvalue weighted by atomic mass is 9.99. The van der Waals surface area contributed by atoms with E-state index in [-0.39, 0.29) is 17.5 Å². The van der Waals surface area contributed by atoms with Gasteiger partial charge < -0.3 is 15.5 Å². The lowest BCUT2D eigenvalue weighted by molar-refractivity contribution is 0.436. The maximum atomic E-state index is 11.6. The van der Waals surface area contributed by atoms with E-state index in [1.54, 1.807) is 7.05 Å². The highest BCUT2D eigenvalue weighted by Gasteiger charge is 2.28. The van der Waals surface area contributed by atoms with E-state index in [1.807, 2.05) is 6.20 Å². The Balaban J connectivity index is 1.49. The molecule has 3 heterocycles. The fourth-order valence-corrected chi connectivity index (χ4v) is 5.10. The van der Waals surface area contributed by atoms with Crippen molar-refractivity contribution in [1.82, 2.24) is 15.6 Å². The number of piperidine rings is 1. The van der Waals surface area contributed by atoms with Gasteiger partial charge in [-0.1, -0.05) is 13.0 Å². The first-order valence-corrected chi connectivity index (χ1v) is 11.1. The first-order valence-electron chi connectivity index (χ1n) is 9.32. The Morgan fingerprint density at radius 1 is 1.31 bits per heavy atom. The number of aliphatic imine (C=N–C) groups is 1. The minimum atomic E-state index is -2.90. The molecule has 1 aromatic heterocycles. The standard InChI is InChI=1S/C18H29N5O2S/c1-14-5-8-23(9-6-14)17-4-3-15(11-20-17)12-21-18(19-2)22-16-7-10-26(24,25)13-16/h3-4,11,14,16H,5-10,12-13H2,1-2H3,(H2,19,21,22). The smallest absolute Gasteiger partial charge is 0.191 e. The molecule has 3 rings (SSSR count). The van der Waals surface area contributed by atoms with Gasteiger partial charge in [0.1, 0.15) is 5.82 Å². The van der Waals surface area contributed by atoms with Crippen LogP contribution in [0.1, 0.15) is 31.7 Å². The summed E-state index contributed by atoms with van der Waals surface area (Å²) in [4.78, 5) is 11.1. The van der Waals surface area contributed by atoms with Gasteiger partial charge in [-0.05, 0) is 36.8 Å². The van der Waals surface area contributed by atoms with Crippen LogP contribution in [0.2, 0.25) is 0 Å². The molecule has 0 amide bonds. The van der Waals surface area contributed by atoms with Crippen molar-refractivity contribution in [2.45, 2.75) is 38.8 Å². The molecule has 2 N–H and O–H groups in total. The minimum absolute atomic E-state index is 0.0619. The Kier molecular flexibility index (Phi) is 6.01. The highest BCUT2D eigenvalue weighted by atomic mass is 32.2. The predicted octanol–water partition coefficient (Wildman–Crippen LogP) is 1.17. The third kappa shape index (κ3) is 5.09. The van der Waals surface area contributed by atoms with Crippen molar-refractivity contribution in [2.24, 2.45) is 10.9 Å². The zero-order valence-corrected chi connectivity index (χ0v) is 16.4. The van der Waals surface area contributed by atoms with Crippen molar-refractivity contribution in [2.75, 3.05) is 36.5 Å². The number of guanidine groups is 1. The molecule has 2 fully saturated rings. The van der Waals surface area contributed by atoms with Crippen LogP contribution in [-0.2, 0) is 16.4 Å². The highest BCUT2D eigenvalue weighted by Crippen LogP contribution is 2.21. The van der Waals surface area contributed by atoms with E-state index in [0.29, 0.717) is 18.9 Å². The predicted molar refractivity (Wildman–Crippen MR) is 105 cm³/mol. The van der Waals surface area contributed by atoms with Gasteiger partial charge in [-0.25, -0.2) is 13.4 Å². The van der Waals surface area contributed by atoms with Gasteiger partial charge in [-0.3, -0.25) is 4.99 Å². The number of nitrogens with one attached hydrogen (secondary N) is 2. The third-order valence-corrected chi connectivity index (χ3v) is 6.94. The molecule has 0 spiro atoms. The molecule has 7 nitrogen and oxygen atoms in total. The molecule has 2 saturated heterocycles. The number of rotatable bonds is 4. The first-order chi connectivity index (χ1) is 12.4. The van der Waals surface area contributed by atoms with Gasteiger partial charge in [0.2, 0.25) is 0 Å². The Hall–Kier alpha value is -1.83. The summed E-state index contributed by atoms with van der Waals surface area (Å²) >= 11 is 0. The van der Waals surface area contributed by atoms with Gasteiger partial charge in [-0.2, -0.15) is 0 Å². The molecule has 1 aromatic rings. The van der Waals surface area contributed by atoms with Gasteiger partial charge in [0.15, 0.2) is 15.8 Å². The summed E-state index contributed by atoms with van der Waals surface area (Å²) in [6.45, 7) is 5.06. The van der Waals surface area contributed by atoms with Crippen LogP contribution >= 0.6 is 0 Å². The average molecular weight is 380 g/mol. The van der Waals surface area contributed by atoms with Gasteiger partial charge in [-0.15, -0.1) is 0 Å². The van der Waals surface area contributed by atoms with Crippen molar-refractivity contribution < 1.29 is 8.42 Å². The van der Waals surface area contributed by atoms with Crippen LogP contribution in [0.25, 0.3) is 0 Å². The zero-order valence-electron chi connectivity index (χ0n) is 15.6. The topological polar surface area (TPSA) is 86.7 Å². The van der Waals surface area contributed by atoms with Crippen LogP contribution in [-0.4, -0.2) is 57.0 Å². The molecule has 0 radical (unpaired) electrons. The second-order valence-electron chi connectivity index (χ2n) is 7.36. The Labute approximate surface area is 156 Å². The fourth-order valence-electron chi connectivity index (χ4n) is 3.43. The van der Waals surface area contributed by atoms with E-state index >= 15 is 0 Å². The molecular weight excluding hydrogens is 350 g/mol.